The maximum Gasteiger partial charge on any atom is 0.121 e. The van der Waals surface area contributed by atoms with Gasteiger partial charge in [-0.15, -0.1) is 0 Å². The number of rotatable bonds is 3. The van der Waals surface area contributed by atoms with E-state index in [-0.39, 0.29) is 5.41 Å². The van der Waals surface area contributed by atoms with Gasteiger partial charge in [-0.1, -0.05) is 32.4 Å². The van der Waals surface area contributed by atoms with Crippen LogP contribution in [0.3, 0.4) is 0 Å². The minimum absolute atomic E-state index is 0.114. The summed E-state index contributed by atoms with van der Waals surface area (Å²) in [7, 11) is 0. The van der Waals surface area contributed by atoms with Gasteiger partial charge in [-0.2, -0.15) is 0 Å². The molecule has 0 aliphatic heterocycles. The van der Waals surface area contributed by atoms with Crippen molar-refractivity contribution in [2.24, 2.45) is 5.92 Å². The minimum Gasteiger partial charge on any atom is -0.493 e. The zero-order valence-electron chi connectivity index (χ0n) is 10.2. The maximum absolute atomic E-state index is 6.11. The van der Waals surface area contributed by atoms with Crippen LogP contribution in [0.1, 0.15) is 39.2 Å². The summed E-state index contributed by atoms with van der Waals surface area (Å²) in [4.78, 5) is 0. The van der Waals surface area contributed by atoms with Crippen LogP contribution in [0.5, 0.6) is 5.75 Å². The standard InChI is InChI=1S/C14H19ClO/c1-14(2,3)11-6-12(15)8-13(7-11)16-9-10-4-5-10/h6-8,10H,4-5,9H2,1-3H3. The van der Waals surface area contributed by atoms with Crippen LogP contribution in [-0.4, -0.2) is 6.61 Å². The van der Waals surface area contributed by atoms with Gasteiger partial charge in [0.25, 0.3) is 0 Å². The summed E-state index contributed by atoms with van der Waals surface area (Å²) >= 11 is 6.11. The Kier molecular flexibility index (Phi) is 3.16. The van der Waals surface area contributed by atoms with E-state index in [1.54, 1.807) is 0 Å². The highest BCUT2D eigenvalue weighted by Crippen LogP contribution is 2.32. The summed E-state index contributed by atoms with van der Waals surface area (Å²) in [6.07, 6.45) is 2.62. The average molecular weight is 239 g/mol. The highest BCUT2D eigenvalue weighted by Gasteiger charge is 2.22. The summed E-state index contributed by atoms with van der Waals surface area (Å²) in [5.74, 6) is 1.68. The second-order valence-electron chi connectivity index (χ2n) is 5.68. The SMILES string of the molecule is CC(C)(C)c1cc(Cl)cc(OCC2CC2)c1. The van der Waals surface area contributed by atoms with Crippen LogP contribution in [0, 0.1) is 5.92 Å². The Morgan fingerprint density at radius 1 is 1.25 bits per heavy atom. The molecule has 0 amide bonds. The van der Waals surface area contributed by atoms with Crippen LogP contribution >= 0.6 is 11.6 Å². The Morgan fingerprint density at radius 3 is 2.50 bits per heavy atom. The van der Waals surface area contributed by atoms with Gasteiger partial charge in [0.1, 0.15) is 5.75 Å². The molecule has 0 spiro atoms. The van der Waals surface area contributed by atoms with Crippen LogP contribution in [0.2, 0.25) is 5.02 Å². The Labute approximate surface area is 103 Å². The lowest BCUT2D eigenvalue weighted by Gasteiger charge is -2.20. The molecule has 1 aliphatic rings. The summed E-state index contributed by atoms with van der Waals surface area (Å²) in [6, 6.07) is 6.03. The van der Waals surface area contributed by atoms with Gasteiger partial charge in [-0.05, 0) is 47.9 Å². The van der Waals surface area contributed by atoms with Crippen molar-refractivity contribution < 1.29 is 4.74 Å². The zero-order valence-corrected chi connectivity index (χ0v) is 11.0. The molecule has 16 heavy (non-hydrogen) atoms. The van der Waals surface area contributed by atoms with E-state index in [4.69, 9.17) is 16.3 Å². The predicted molar refractivity (Wildman–Crippen MR) is 68.4 cm³/mol. The van der Waals surface area contributed by atoms with Crippen LogP contribution in [0.25, 0.3) is 0 Å². The van der Waals surface area contributed by atoms with Crippen molar-refractivity contribution in [3.8, 4) is 5.75 Å². The molecule has 0 saturated heterocycles. The van der Waals surface area contributed by atoms with E-state index in [1.165, 1.54) is 18.4 Å². The fourth-order valence-corrected chi connectivity index (χ4v) is 1.80. The molecule has 0 N–H and O–H groups in total. The zero-order chi connectivity index (χ0) is 11.8. The first-order chi connectivity index (χ1) is 7.45. The third-order valence-electron chi connectivity index (χ3n) is 2.92. The molecular formula is C14H19ClO. The van der Waals surface area contributed by atoms with Crippen molar-refractivity contribution in [2.75, 3.05) is 6.61 Å². The minimum atomic E-state index is 0.114. The number of ether oxygens (including phenoxy) is 1. The smallest absolute Gasteiger partial charge is 0.121 e. The lowest BCUT2D eigenvalue weighted by atomic mass is 9.87. The monoisotopic (exact) mass is 238 g/mol. The fraction of sp³-hybridized carbons (Fsp3) is 0.571. The largest absolute Gasteiger partial charge is 0.493 e. The molecule has 0 heterocycles. The van der Waals surface area contributed by atoms with Gasteiger partial charge < -0.3 is 4.74 Å². The maximum atomic E-state index is 6.11. The van der Waals surface area contributed by atoms with Crippen LogP contribution < -0.4 is 4.74 Å². The molecule has 88 valence electrons. The molecule has 1 fully saturated rings. The van der Waals surface area contributed by atoms with Crippen molar-refractivity contribution in [2.45, 2.75) is 39.0 Å². The van der Waals surface area contributed by atoms with Gasteiger partial charge >= 0.3 is 0 Å². The lowest BCUT2D eigenvalue weighted by Crippen LogP contribution is -2.11. The first-order valence-electron chi connectivity index (χ1n) is 5.89. The van der Waals surface area contributed by atoms with Gasteiger partial charge in [-0.3, -0.25) is 0 Å². The summed E-state index contributed by atoms with van der Waals surface area (Å²) in [6.45, 7) is 7.39. The molecule has 1 aromatic rings. The van der Waals surface area contributed by atoms with Crippen LogP contribution in [-0.2, 0) is 5.41 Å². The molecule has 0 aromatic heterocycles. The molecule has 0 atom stereocenters. The first kappa shape index (κ1) is 11.8. The van der Waals surface area contributed by atoms with Crippen molar-refractivity contribution >= 4 is 11.6 Å². The molecule has 1 aromatic carbocycles. The van der Waals surface area contributed by atoms with Crippen molar-refractivity contribution in [1.29, 1.82) is 0 Å². The van der Waals surface area contributed by atoms with Crippen molar-refractivity contribution in [3.05, 3.63) is 28.8 Å². The normalized spacial score (nSPS) is 16.2. The number of hydrogen-bond acceptors (Lipinski definition) is 1. The second kappa shape index (κ2) is 4.29. The highest BCUT2D eigenvalue weighted by molar-refractivity contribution is 6.30. The topological polar surface area (TPSA) is 9.23 Å². The molecule has 2 rings (SSSR count). The summed E-state index contributed by atoms with van der Waals surface area (Å²) in [5, 5.41) is 0.762. The fourth-order valence-electron chi connectivity index (χ4n) is 1.58. The van der Waals surface area contributed by atoms with E-state index in [0.717, 1.165) is 23.3 Å². The molecule has 2 heteroatoms. The Morgan fingerprint density at radius 2 is 1.94 bits per heavy atom. The van der Waals surface area contributed by atoms with E-state index in [9.17, 15) is 0 Å². The molecular weight excluding hydrogens is 220 g/mol. The number of benzene rings is 1. The molecule has 0 bridgehead atoms. The van der Waals surface area contributed by atoms with E-state index in [0.29, 0.717) is 0 Å². The molecule has 1 nitrogen and oxygen atoms in total. The Balaban J connectivity index is 2.14. The number of halogens is 1. The first-order valence-corrected chi connectivity index (χ1v) is 6.27. The van der Waals surface area contributed by atoms with Crippen molar-refractivity contribution in [3.63, 3.8) is 0 Å². The van der Waals surface area contributed by atoms with Gasteiger partial charge in [0.15, 0.2) is 0 Å². The van der Waals surface area contributed by atoms with Crippen LogP contribution in [0.15, 0.2) is 18.2 Å². The van der Waals surface area contributed by atoms with Gasteiger partial charge in [0, 0.05) is 5.02 Å². The summed E-state index contributed by atoms with van der Waals surface area (Å²) < 4.78 is 5.76. The predicted octanol–water partition coefficient (Wildman–Crippen LogP) is 4.43. The Hall–Kier alpha value is -0.690. The number of hydrogen-bond donors (Lipinski definition) is 0. The molecule has 0 unspecified atom stereocenters. The molecule has 1 saturated carbocycles. The van der Waals surface area contributed by atoms with E-state index in [2.05, 4.69) is 26.8 Å². The third kappa shape index (κ3) is 3.15. The lowest BCUT2D eigenvalue weighted by molar-refractivity contribution is 0.299. The molecule has 1 aliphatic carbocycles. The van der Waals surface area contributed by atoms with Gasteiger partial charge in [0.2, 0.25) is 0 Å². The summed E-state index contributed by atoms with van der Waals surface area (Å²) in [5.41, 5.74) is 1.34. The quantitative estimate of drug-likeness (QED) is 0.757. The van der Waals surface area contributed by atoms with Crippen molar-refractivity contribution in [1.82, 2.24) is 0 Å². The third-order valence-corrected chi connectivity index (χ3v) is 3.14. The van der Waals surface area contributed by atoms with E-state index >= 15 is 0 Å². The van der Waals surface area contributed by atoms with Crippen LogP contribution in [0.4, 0.5) is 0 Å². The Bertz CT molecular complexity index is 375. The highest BCUT2D eigenvalue weighted by atomic mass is 35.5. The second-order valence-corrected chi connectivity index (χ2v) is 6.12. The van der Waals surface area contributed by atoms with Gasteiger partial charge in [-0.25, -0.2) is 0 Å². The van der Waals surface area contributed by atoms with Gasteiger partial charge in [0.05, 0.1) is 6.61 Å². The average Bonchev–Trinajstić information content (AvgIpc) is 2.96. The van der Waals surface area contributed by atoms with E-state index < -0.39 is 0 Å². The molecule has 0 radical (unpaired) electrons. The van der Waals surface area contributed by atoms with E-state index in [1.807, 2.05) is 12.1 Å².